The van der Waals surface area contributed by atoms with Gasteiger partial charge in [-0.15, -0.1) is 0 Å². The molecule has 0 bridgehead atoms. The van der Waals surface area contributed by atoms with Crippen molar-refractivity contribution < 1.29 is 57.9 Å². The normalized spacial score (nSPS) is 17.5. The number of aliphatic carboxylic acids is 2. The summed E-state index contributed by atoms with van der Waals surface area (Å²) in [5, 5.41) is 16.3. The van der Waals surface area contributed by atoms with Gasteiger partial charge in [-0.2, -0.15) is 0 Å². The molecule has 0 atom stereocenters. The Morgan fingerprint density at radius 2 is 0.765 bits per heavy atom. The van der Waals surface area contributed by atoms with Crippen LogP contribution < -0.4 is 0 Å². The largest absolute Gasteiger partial charge is 0.481 e. The van der Waals surface area contributed by atoms with Crippen LogP contribution in [0.25, 0.3) is 0 Å². The highest BCUT2D eigenvalue weighted by molar-refractivity contribution is 5.78. The third kappa shape index (κ3) is 22.0. The molecule has 34 heavy (non-hydrogen) atoms. The number of hydrogen-bond donors (Lipinski definition) is 2. The molecule has 2 rings (SSSR count). The fourth-order valence-corrected chi connectivity index (χ4v) is 2.40. The van der Waals surface area contributed by atoms with E-state index in [0.717, 1.165) is 25.7 Å². The van der Waals surface area contributed by atoms with Gasteiger partial charge in [-0.05, 0) is 38.5 Å². The molecule has 12 nitrogen and oxygen atoms in total. The van der Waals surface area contributed by atoms with Gasteiger partial charge in [0.2, 0.25) is 0 Å². The van der Waals surface area contributed by atoms with Crippen LogP contribution in [0.5, 0.6) is 0 Å². The third-order valence-electron chi connectivity index (χ3n) is 4.23. The van der Waals surface area contributed by atoms with Crippen LogP contribution in [0.3, 0.4) is 0 Å². The lowest BCUT2D eigenvalue weighted by atomic mass is 10.2. The topological polar surface area (TPSA) is 180 Å². The number of rotatable bonds is 5. The Labute approximate surface area is 197 Å². The highest BCUT2D eigenvalue weighted by Gasteiger charge is 2.11. The van der Waals surface area contributed by atoms with Crippen molar-refractivity contribution >= 4 is 35.8 Å². The SMILES string of the molecule is O=C(O)CCCCC(=O)O.O=C1CCC(=O)OCCCCO1.O=C1CCC(=O)OCCCCO1. The van der Waals surface area contributed by atoms with Crippen LogP contribution in [0.2, 0.25) is 0 Å². The summed E-state index contributed by atoms with van der Waals surface area (Å²) < 4.78 is 19.3. The molecule has 0 saturated carbocycles. The monoisotopic (exact) mass is 490 g/mol. The molecule has 2 heterocycles. The molecule has 0 amide bonds. The number of carboxylic acid groups (broad SMARTS) is 2. The van der Waals surface area contributed by atoms with E-state index in [1.807, 2.05) is 0 Å². The maximum Gasteiger partial charge on any atom is 0.306 e. The minimum absolute atomic E-state index is 0.0628. The average molecular weight is 491 g/mol. The van der Waals surface area contributed by atoms with Crippen molar-refractivity contribution in [2.45, 2.75) is 77.0 Å². The van der Waals surface area contributed by atoms with Crippen molar-refractivity contribution in [3.05, 3.63) is 0 Å². The fourth-order valence-electron chi connectivity index (χ4n) is 2.40. The van der Waals surface area contributed by atoms with Gasteiger partial charge >= 0.3 is 35.8 Å². The van der Waals surface area contributed by atoms with Crippen molar-refractivity contribution in [1.29, 1.82) is 0 Å². The number of cyclic esters (lactones) is 4. The zero-order valence-corrected chi connectivity index (χ0v) is 19.3. The summed E-state index contributed by atoms with van der Waals surface area (Å²) in [7, 11) is 0. The minimum Gasteiger partial charge on any atom is -0.481 e. The molecule has 0 aromatic carbocycles. The lowest BCUT2D eigenvalue weighted by Gasteiger charge is -2.08. The molecule has 0 spiro atoms. The van der Waals surface area contributed by atoms with Crippen LogP contribution in [0.1, 0.15) is 77.0 Å². The summed E-state index contributed by atoms with van der Waals surface area (Å²) in [4.78, 5) is 63.1. The second kappa shape index (κ2) is 20.4. The van der Waals surface area contributed by atoms with E-state index in [4.69, 9.17) is 29.2 Å². The first kappa shape index (κ1) is 30.8. The summed E-state index contributed by atoms with van der Waals surface area (Å²) in [5.41, 5.74) is 0. The smallest absolute Gasteiger partial charge is 0.306 e. The number of hydrogen-bond acceptors (Lipinski definition) is 10. The van der Waals surface area contributed by atoms with Crippen LogP contribution in [0.15, 0.2) is 0 Å². The molecular formula is C22H34O12. The summed E-state index contributed by atoms with van der Waals surface area (Å²) >= 11 is 0. The molecular weight excluding hydrogens is 456 g/mol. The van der Waals surface area contributed by atoms with E-state index in [2.05, 4.69) is 0 Å². The first-order valence-corrected chi connectivity index (χ1v) is 11.3. The number of carbonyl (C=O) groups excluding carboxylic acids is 4. The highest BCUT2D eigenvalue weighted by atomic mass is 16.5. The Morgan fingerprint density at radius 3 is 0.971 bits per heavy atom. The molecule has 0 aromatic heterocycles. The van der Waals surface area contributed by atoms with Gasteiger partial charge in [0.1, 0.15) is 0 Å². The molecule has 2 fully saturated rings. The maximum absolute atomic E-state index is 10.8. The lowest BCUT2D eigenvalue weighted by Crippen LogP contribution is -2.14. The molecule has 2 N–H and O–H groups in total. The summed E-state index contributed by atoms with van der Waals surface area (Å²) in [6.07, 6.45) is 4.62. The van der Waals surface area contributed by atoms with Gasteiger partial charge in [0.15, 0.2) is 0 Å². The van der Waals surface area contributed by atoms with Crippen molar-refractivity contribution in [3.8, 4) is 0 Å². The first-order valence-electron chi connectivity index (χ1n) is 11.3. The molecule has 0 aromatic rings. The van der Waals surface area contributed by atoms with Crippen LogP contribution in [-0.4, -0.2) is 72.5 Å². The van der Waals surface area contributed by atoms with Crippen molar-refractivity contribution in [1.82, 2.24) is 0 Å². The van der Waals surface area contributed by atoms with Gasteiger partial charge in [0, 0.05) is 12.8 Å². The van der Waals surface area contributed by atoms with E-state index in [1.165, 1.54) is 0 Å². The first-order chi connectivity index (χ1) is 16.2. The Balaban J connectivity index is 0.000000484. The van der Waals surface area contributed by atoms with E-state index in [-0.39, 0.29) is 62.4 Å². The van der Waals surface area contributed by atoms with Crippen molar-refractivity contribution in [2.75, 3.05) is 26.4 Å². The van der Waals surface area contributed by atoms with E-state index in [1.54, 1.807) is 0 Å². The number of esters is 4. The van der Waals surface area contributed by atoms with Gasteiger partial charge in [-0.25, -0.2) is 0 Å². The quantitative estimate of drug-likeness (QED) is 0.325. The van der Waals surface area contributed by atoms with E-state index in [0.29, 0.717) is 39.3 Å². The summed E-state index contributed by atoms with van der Waals surface area (Å²) in [6.45, 7) is 1.76. The summed E-state index contributed by atoms with van der Waals surface area (Å²) in [5.74, 6) is -2.99. The van der Waals surface area contributed by atoms with Crippen LogP contribution in [0, 0.1) is 0 Å². The molecule has 2 saturated heterocycles. The van der Waals surface area contributed by atoms with E-state index < -0.39 is 11.9 Å². The predicted molar refractivity (Wildman–Crippen MR) is 115 cm³/mol. The average Bonchev–Trinajstić information content (AvgIpc) is 2.79. The van der Waals surface area contributed by atoms with Gasteiger partial charge in [0.25, 0.3) is 0 Å². The van der Waals surface area contributed by atoms with Crippen LogP contribution in [0.4, 0.5) is 0 Å². The molecule has 0 aliphatic carbocycles. The molecule has 0 unspecified atom stereocenters. The van der Waals surface area contributed by atoms with E-state index >= 15 is 0 Å². The zero-order chi connectivity index (χ0) is 25.6. The molecule has 194 valence electrons. The molecule has 12 heteroatoms. The van der Waals surface area contributed by atoms with E-state index in [9.17, 15) is 28.8 Å². The van der Waals surface area contributed by atoms with Gasteiger partial charge < -0.3 is 29.2 Å². The van der Waals surface area contributed by atoms with Crippen LogP contribution in [-0.2, 0) is 47.7 Å². The highest BCUT2D eigenvalue weighted by Crippen LogP contribution is 2.03. The Hall–Kier alpha value is -3.18. The standard InChI is InChI=1S/2C8H12O4.C6H10O4/c2*9-7-3-4-8(10)12-6-2-1-5-11-7;7-5(8)3-1-2-4-6(9)10/h2*1-6H2;1-4H2,(H,7,8)(H,9,10). The molecule has 2 aliphatic heterocycles. The Kier molecular flexibility index (Phi) is 18.5. The van der Waals surface area contributed by atoms with Crippen molar-refractivity contribution in [3.63, 3.8) is 0 Å². The molecule has 2 aliphatic rings. The Morgan fingerprint density at radius 1 is 0.529 bits per heavy atom. The van der Waals surface area contributed by atoms with Gasteiger partial charge in [0.05, 0.1) is 52.1 Å². The number of ether oxygens (including phenoxy) is 4. The summed E-state index contributed by atoms with van der Waals surface area (Å²) in [6, 6.07) is 0. The lowest BCUT2D eigenvalue weighted by molar-refractivity contribution is -0.152. The predicted octanol–water partition coefficient (Wildman–Crippen LogP) is 2.01. The Bertz CT molecular complexity index is 562. The van der Waals surface area contributed by atoms with Gasteiger partial charge in [-0.3, -0.25) is 28.8 Å². The van der Waals surface area contributed by atoms with Gasteiger partial charge in [-0.1, -0.05) is 0 Å². The number of carboxylic acids is 2. The van der Waals surface area contributed by atoms with Crippen molar-refractivity contribution in [2.24, 2.45) is 0 Å². The third-order valence-corrected chi connectivity index (χ3v) is 4.23. The maximum atomic E-state index is 10.8. The number of unbranched alkanes of at least 4 members (excludes halogenated alkanes) is 1. The fraction of sp³-hybridized carbons (Fsp3) is 0.727. The number of carbonyl (C=O) groups is 6. The van der Waals surface area contributed by atoms with Crippen LogP contribution >= 0.6 is 0 Å². The minimum atomic E-state index is -0.870. The second-order valence-electron chi connectivity index (χ2n) is 7.29. The molecule has 0 radical (unpaired) electrons. The zero-order valence-electron chi connectivity index (χ0n) is 19.3. The second-order valence-corrected chi connectivity index (χ2v) is 7.29.